The van der Waals surface area contributed by atoms with Crippen LogP contribution in [0.15, 0.2) is 90.1 Å². The molecule has 1 atom stereocenters. The Balaban J connectivity index is 1.56. The molecule has 0 aliphatic carbocycles. The standard InChI is InChI=1S/C29H20ClN3O3/c30-23-10-8-21(16-31)24(15-23)22-9-11-28(33(36)17-22)25(12-18-4-2-1-3-5-18)27-13-19-6-7-20(29(34)35)14-26(19)32-27/h1-11,14-15,17,25H,12-13H2,(H,34,35). The number of carbonyl (C=O) groups is 1. The maximum absolute atomic E-state index is 13.4. The third-order valence-electron chi connectivity index (χ3n) is 6.37. The number of hydrogen-bond acceptors (Lipinski definition) is 4. The molecule has 7 heteroatoms. The maximum Gasteiger partial charge on any atom is 0.335 e. The first kappa shape index (κ1) is 23.3. The summed E-state index contributed by atoms with van der Waals surface area (Å²) in [5, 5.41) is 32.7. The minimum Gasteiger partial charge on any atom is -0.618 e. The van der Waals surface area contributed by atoms with Crippen LogP contribution in [-0.4, -0.2) is 16.8 Å². The molecule has 36 heavy (non-hydrogen) atoms. The van der Waals surface area contributed by atoms with E-state index in [2.05, 4.69) is 6.07 Å². The third-order valence-corrected chi connectivity index (χ3v) is 6.60. The van der Waals surface area contributed by atoms with Crippen LogP contribution in [-0.2, 0) is 12.8 Å². The van der Waals surface area contributed by atoms with E-state index in [0.717, 1.165) is 21.6 Å². The predicted octanol–water partition coefficient (Wildman–Crippen LogP) is 5.87. The van der Waals surface area contributed by atoms with E-state index in [9.17, 15) is 20.4 Å². The zero-order valence-electron chi connectivity index (χ0n) is 19.1. The van der Waals surface area contributed by atoms with Crippen molar-refractivity contribution >= 4 is 29.0 Å². The second kappa shape index (κ2) is 9.65. The normalized spacial score (nSPS) is 12.9. The van der Waals surface area contributed by atoms with Gasteiger partial charge in [0.25, 0.3) is 0 Å². The highest BCUT2D eigenvalue weighted by molar-refractivity contribution is 6.30. The molecule has 2 heterocycles. The summed E-state index contributed by atoms with van der Waals surface area (Å²) in [4.78, 5) is 16.2. The molecular weight excluding hydrogens is 474 g/mol. The number of carboxylic acid groups (broad SMARTS) is 1. The summed E-state index contributed by atoms with van der Waals surface area (Å²) < 4.78 is 0.833. The second-order valence-corrected chi connectivity index (χ2v) is 9.08. The largest absolute Gasteiger partial charge is 0.618 e. The number of halogens is 1. The summed E-state index contributed by atoms with van der Waals surface area (Å²) in [6.07, 6.45) is 2.55. The van der Waals surface area contributed by atoms with E-state index >= 15 is 0 Å². The van der Waals surface area contributed by atoms with E-state index < -0.39 is 5.97 Å². The molecule has 0 saturated carbocycles. The highest BCUT2D eigenvalue weighted by Gasteiger charge is 2.30. The predicted molar refractivity (Wildman–Crippen MR) is 138 cm³/mol. The van der Waals surface area contributed by atoms with Gasteiger partial charge in [0.1, 0.15) is 0 Å². The van der Waals surface area contributed by atoms with E-state index in [0.29, 0.717) is 45.9 Å². The monoisotopic (exact) mass is 493 g/mol. The van der Waals surface area contributed by atoms with E-state index in [1.54, 1.807) is 42.5 Å². The lowest BCUT2D eigenvalue weighted by molar-refractivity contribution is -0.614. The fourth-order valence-corrected chi connectivity index (χ4v) is 4.73. The Morgan fingerprint density at radius 3 is 2.64 bits per heavy atom. The number of carboxylic acids is 1. The van der Waals surface area contributed by atoms with Crippen molar-refractivity contribution in [3.05, 3.63) is 123 Å². The molecule has 0 amide bonds. The number of rotatable bonds is 6. The molecule has 4 aromatic rings. The topological polar surface area (TPSA) is 100 Å². The third kappa shape index (κ3) is 4.57. The van der Waals surface area contributed by atoms with Gasteiger partial charge in [-0.05, 0) is 53.9 Å². The first-order valence-corrected chi connectivity index (χ1v) is 11.7. The Bertz CT molecular complexity index is 1560. The van der Waals surface area contributed by atoms with Crippen LogP contribution in [0.25, 0.3) is 11.1 Å². The quantitative estimate of drug-likeness (QED) is 0.268. The van der Waals surface area contributed by atoms with Crippen LogP contribution in [0.4, 0.5) is 5.69 Å². The Labute approximate surface area is 213 Å². The molecule has 0 radical (unpaired) electrons. The van der Waals surface area contributed by atoms with Gasteiger partial charge >= 0.3 is 5.97 Å². The van der Waals surface area contributed by atoms with Gasteiger partial charge in [0.15, 0.2) is 6.20 Å². The van der Waals surface area contributed by atoms with Crippen LogP contribution in [0.3, 0.4) is 0 Å². The fraction of sp³-hybridized carbons (Fsp3) is 0.103. The Morgan fingerprint density at radius 2 is 1.92 bits per heavy atom. The van der Waals surface area contributed by atoms with Gasteiger partial charge in [0.05, 0.1) is 28.8 Å². The number of aliphatic imine (C=N–C) groups is 1. The van der Waals surface area contributed by atoms with Gasteiger partial charge in [-0.3, -0.25) is 4.99 Å². The van der Waals surface area contributed by atoms with Crippen LogP contribution in [0, 0.1) is 16.5 Å². The van der Waals surface area contributed by atoms with Gasteiger partial charge in [-0.25, -0.2) is 4.79 Å². The number of aromatic nitrogens is 1. The van der Waals surface area contributed by atoms with Crippen molar-refractivity contribution < 1.29 is 14.6 Å². The summed E-state index contributed by atoms with van der Waals surface area (Å²) in [5.41, 5.74) is 5.71. The van der Waals surface area contributed by atoms with Crippen LogP contribution < -0.4 is 4.73 Å². The number of nitriles is 1. The van der Waals surface area contributed by atoms with Crippen molar-refractivity contribution in [1.82, 2.24) is 0 Å². The van der Waals surface area contributed by atoms with Gasteiger partial charge in [-0.1, -0.05) is 48.0 Å². The van der Waals surface area contributed by atoms with Gasteiger partial charge in [0, 0.05) is 34.3 Å². The van der Waals surface area contributed by atoms with Crippen LogP contribution in [0.5, 0.6) is 0 Å². The first-order chi connectivity index (χ1) is 17.4. The van der Waals surface area contributed by atoms with Gasteiger partial charge in [-0.2, -0.15) is 9.99 Å². The van der Waals surface area contributed by atoms with Gasteiger partial charge < -0.3 is 10.3 Å². The molecule has 1 aromatic heterocycles. The minimum absolute atomic E-state index is 0.177. The Kier molecular flexibility index (Phi) is 6.24. The van der Waals surface area contributed by atoms with Crippen molar-refractivity contribution in [3.8, 4) is 17.2 Å². The Morgan fingerprint density at radius 1 is 1.11 bits per heavy atom. The summed E-state index contributed by atoms with van der Waals surface area (Å²) in [7, 11) is 0. The zero-order chi connectivity index (χ0) is 25.2. The van der Waals surface area contributed by atoms with Crippen LogP contribution in [0.1, 0.15) is 38.7 Å². The number of aromatic carboxylic acids is 1. The average Bonchev–Trinajstić information content (AvgIpc) is 3.31. The SMILES string of the molecule is N#Cc1ccc(Cl)cc1-c1ccc(C(Cc2ccccc2)C2=Nc3cc(C(=O)O)ccc3C2)[n+]([O-])c1. The molecule has 0 bridgehead atoms. The molecule has 1 aliphatic rings. The molecular formula is C29H20ClN3O3. The first-order valence-electron chi connectivity index (χ1n) is 11.3. The molecule has 3 aromatic carbocycles. The van der Waals surface area contributed by atoms with E-state index in [1.807, 2.05) is 36.4 Å². The molecule has 1 aliphatic heterocycles. The van der Waals surface area contributed by atoms with Crippen molar-refractivity contribution in [1.29, 1.82) is 5.26 Å². The molecule has 5 rings (SSSR count). The summed E-state index contributed by atoms with van der Waals surface area (Å²) >= 11 is 6.15. The summed E-state index contributed by atoms with van der Waals surface area (Å²) in [6.45, 7) is 0. The molecule has 1 N–H and O–H groups in total. The number of hydrogen-bond donors (Lipinski definition) is 1. The lowest BCUT2D eigenvalue weighted by atomic mass is 9.88. The smallest absolute Gasteiger partial charge is 0.335 e. The molecule has 0 spiro atoms. The number of fused-ring (bicyclic) bond motifs is 1. The Hall–Kier alpha value is -4.47. The highest BCUT2D eigenvalue weighted by Crippen LogP contribution is 2.34. The maximum atomic E-state index is 13.4. The van der Waals surface area contributed by atoms with E-state index in [4.69, 9.17) is 16.6 Å². The molecule has 0 saturated heterocycles. The van der Waals surface area contributed by atoms with Gasteiger partial charge in [-0.15, -0.1) is 0 Å². The molecule has 1 unspecified atom stereocenters. The van der Waals surface area contributed by atoms with Crippen LogP contribution in [0.2, 0.25) is 5.02 Å². The zero-order valence-corrected chi connectivity index (χ0v) is 19.8. The number of nitrogens with zero attached hydrogens (tertiary/aromatic N) is 3. The average molecular weight is 494 g/mol. The summed E-state index contributed by atoms with van der Waals surface area (Å²) in [6, 6.07) is 25.5. The molecule has 6 nitrogen and oxygen atoms in total. The van der Waals surface area contributed by atoms with Crippen molar-refractivity contribution in [3.63, 3.8) is 0 Å². The van der Waals surface area contributed by atoms with E-state index in [1.165, 1.54) is 6.20 Å². The minimum atomic E-state index is -1.01. The fourth-order valence-electron chi connectivity index (χ4n) is 4.56. The molecule has 0 fully saturated rings. The van der Waals surface area contributed by atoms with Crippen LogP contribution >= 0.6 is 11.6 Å². The van der Waals surface area contributed by atoms with Gasteiger partial charge in [0.2, 0.25) is 5.69 Å². The number of pyridine rings is 1. The second-order valence-electron chi connectivity index (χ2n) is 8.64. The molecule has 176 valence electrons. The lowest BCUT2D eigenvalue weighted by Crippen LogP contribution is -2.36. The van der Waals surface area contributed by atoms with Crippen molar-refractivity contribution in [2.45, 2.75) is 18.8 Å². The summed E-state index contributed by atoms with van der Waals surface area (Å²) in [5.74, 6) is -1.33. The van der Waals surface area contributed by atoms with Crippen molar-refractivity contribution in [2.75, 3.05) is 0 Å². The van der Waals surface area contributed by atoms with E-state index in [-0.39, 0.29) is 11.5 Å². The number of benzene rings is 3. The lowest BCUT2D eigenvalue weighted by Gasteiger charge is -2.18. The van der Waals surface area contributed by atoms with Crippen molar-refractivity contribution in [2.24, 2.45) is 4.99 Å². The highest BCUT2D eigenvalue weighted by atomic mass is 35.5.